The highest BCUT2D eigenvalue weighted by Crippen LogP contribution is 2.56. The summed E-state index contributed by atoms with van der Waals surface area (Å²) >= 11 is 0. The van der Waals surface area contributed by atoms with Gasteiger partial charge in [0.15, 0.2) is 0 Å². The first kappa shape index (κ1) is 72.9. The van der Waals surface area contributed by atoms with E-state index >= 15 is 0 Å². The molecule has 9 heteroatoms. The molecule has 16 aromatic rings. The maximum absolute atomic E-state index is 7.85. The molecule has 0 aliphatic carbocycles. The lowest BCUT2D eigenvalue weighted by molar-refractivity contribution is 0.489. The highest BCUT2D eigenvalue weighted by atomic mass is 16.5. The molecule has 0 unspecified atom stereocenters. The van der Waals surface area contributed by atoms with Crippen molar-refractivity contribution in [2.24, 2.45) is 0 Å². The van der Waals surface area contributed by atoms with E-state index in [4.69, 9.17) is 9.47 Å². The molecule has 6 aliphatic rings. The molecule has 22 rings (SSSR count). The zero-order chi connectivity index (χ0) is 81.9. The van der Waals surface area contributed by atoms with Crippen LogP contribution in [-0.2, 0) is 0 Å². The molecule has 0 bridgehead atoms. The Morgan fingerprint density at radius 3 is 0.833 bits per heavy atom. The Balaban J connectivity index is 0.925. The number of ether oxygens (including phenoxy) is 2. The van der Waals surface area contributed by atoms with Crippen LogP contribution in [0.25, 0.3) is 55.6 Å². The van der Waals surface area contributed by atoms with Gasteiger partial charge in [-0.2, -0.15) is 0 Å². The van der Waals surface area contributed by atoms with Crippen molar-refractivity contribution in [1.29, 1.82) is 0 Å². The van der Waals surface area contributed by atoms with Gasteiger partial charge in [0.1, 0.15) is 23.0 Å². The average Bonchev–Trinajstić information content (AvgIpc) is 0.680. The van der Waals surface area contributed by atoms with Gasteiger partial charge in [-0.05, 0) is 325 Å². The second-order valence-corrected chi connectivity index (χ2v) is 35.1. The van der Waals surface area contributed by atoms with Gasteiger partial charge in [0, 0.05) is 62.3 Å². The highest BCUT2D eigenvalue weighted by Gasteiger charge is 2.52. The highest BCUT2D eigenvalue weighted by molar-refractivity contribution is 7.04. The van der Waals surface area contributed by atoms with Crippen LogP contribution < -0.4 is 78.2 Å². The van der Waals surface area contributed by atoms with E-state index in [2.05, 4.69) is 403 Å². The third kappa shape index (κ3) is 10.9. The third-order valence-corrected chi connectivity index (χ3v) is 27.0. The SMILES string of the molecule is Cc1cc(C)c(N2c3cc4c(cc3B3c5cccc(-c6ccccc6)c5Oc5cc(-c6c(C)cccc6C)cc2c53)B2c3cc5c(cc3N(c3c(C)cc(C)cc3C)c3cc(-c6c(C)cccc6C)cc(c32)N4c2c(C)cc(C)cc2C)N(c2ccccc2)c2cc(-c3c(C)cccc3C)cc3c2B5c2cccc(-c4ccccc4)c2O3)c(C)c1. The van der Waals surface area contributed by atoms with Crippen LogP contribution in [0.1, 0.15) is 83.5 Å². The molecule has 6 heterocycles. The zero-order valence-corrected chi connectivity index (χ0v) is 70.9. The van der Waals surface area contributed by atoms with E-state index < -0.39 is 0 Å². The molecule has 0 amide bonds. The number of rotatable bonds is 9. The first-order chi connectivity index (χ1) is 58.2. The summed E-state index contributed by atoms with van der Waals surface area (Å²) < 4.78 is 15.7. The van der Waals surface area contributed by atoms with Crippen molar-refractivity contribution in [2.75, 3.05) is 19.6 Å². The largest absolute Gasteiger partial charge is 0.458 e. The summed E-state index contributed by atoms with van der Waals surface area (Å²) in [5.41, 5.74) is 54.0. The van der Waals surface area contributed by atoms with E-state index in [-0.39, 0.29) is 20.1 Å². The molecular formula is C111H91B3N4O2. The van der Waals surface area contributed by atoms with Crippen LogP contribution in [0.2, 0.25) is 0 Å². The number of nitrogens with zero attached hydrogens (tertiary/aromatic N) is 4. The Morgan fingerprint density at radius 1 is 0.208 bits per heavy atom. The molecule has 0 fully saturated rings. The normalized spacial score (nSPS) is 13.3. The summed E-state index contributed by atoms with van der Waals surface area (Å²) in [4.78, 5) is 10.7. The smallest absolute Gasteiger partial charge is 0.256 e. The Kier molecular flexibility index (Phi) is 16.6. The molecule has 0 N–H and O–H groups in total. The molecule has 120 heavy (non-hydrogen) atoms. The van der Waals surface area contributed by atoms with E-state index in [1.807, 2.05) is 0 Å². The van der Waals surface area contributed by atoms with Gasteiger partial charge in [0.05, 0.1) is 17.1 Å². The molecule has 16 aromatic carbocycles. The van der Waals surface area contributed by atoms with Gasteiger partial charge in [-0.1, -0.05) is 235 Å². The van der Waals surface area contributed by atoms with Gasteiger partial charge in [-0.3, -0.25) is 0 Å². The molecule has 0 saturated heterocycles. The van der Waals surface area contributed by atoms with Crippen LogP contribution in [-0.4, -0.2) is 20.1 Å². The quantitative estimate of drug-likeness (QED) is 0.134. The first-order valence-electron chi connectivity index (χ1n) is 42.5. The van der Waals surface area contributed by atoms with Crippen LogP contribution >= 0.6 is 0 Å². The number of hydrogen-bond acceptors (Lipinski definition) is 6. The van der Waals surface area contributed by atoms with Crippen LogP contribution in [0.4, 0.5) is 68.2 Å². The Bertz CT molecular complexity index is 7020. The maximum Gasteiger partial charge on any atom is 0.256 e. The molecule has 0 saturated carbocycles. The third-order valence-electron chi connectivity index (χ3n) is 27.0. The van der Waals surface area contributed by atoms with E-state index in [1.165, 1.54) is 150 Å². The molecule has 6 nitrogen and oxygen atoms in total. The lowest BCUT2D eigenvalue weighted by Gasteiger charge is -2.48. The number of anilines is 12. The van der Waals surface area contributed by atoms with Gasteiger partial charge in [-0.25, -0.2) is 0 Å². The topological polar surface area (TPSA) is 31.4 Å². The zero-order valence-electron chi connectivity index (χ0n) is 70.9. The molecule has 0 radical (unpaired) electrons. The second kappa shape index (κ2) is 27.3. The number of fused-ring (bicyclic) bond motifs is 12. The summed E-state index contributed by atoms with van der Waals surface area (Å²) in [6, 6.07) is 107. The molecule has 0 aromatic heterocycles. The van der Waals surface area contributed by atoms with Crippen LogP contribution in [0.5, 0.6) is 23.0 Å². The molecule has 0 spiro atoms. The van der Waals surface area contributed by atoms with Crippen molar-refractivity contribution in [3.63, 3.8) is 0 Å². The number of hydrogen-bond donors (Lipinski definition) is 0. The minimum atomic E-state index is -0.363. The lowest BCUT2D eigenvalue weighted by atomic mass is 9.29. The van der Waals surface area contributed by atoms with Crippen LogP contribution in [0.15, 0.2) is 279 Å². The molecule has 0 atom stereocenters. The number of para-hydroxylation sites is 3. The summed E-state index contributed by atoms with van der Waals surface area (Å²) in [6.45, 7) is 33.5. The minimum absolute atomic E-state index is 0.283. The van der Waals surface area contributed by atoms with Gasteiger partial charge >= 0.3 is 0 Å². The second-order valence-electron chi connectivity index (χ2n) is 35.1. The predicted octanol–water partition coefficient (Wildman–Crippen LogP) is 23.5. The minimum Gasteiger partial charge on any atom is -0.458 e. The monoisotopic (exact) mass is 1540 g/mol. The Labute approximate surface area is 706 Å². The van der Waals surface area contributed by atoms with E-state index in [0.717, 1.165) is 129 Å². The van der Waals surface area contributed by atoms with Crippen molar-refractivity contribution in [3.05, 3.63) is 363 Å². The molecule has 576 valence electrons. The van der Waals surface area contributed by atoms with Crippen LogP contribution in [0.3, 0.4) is 0 Å². The fourth-order valence-electron chi connectivity index (χ4n) is 22.6. The van der Waals surface area contributed by atoms with Crippen molar-refractivity contribution in [3.8, 4) is 78.6 Å². The first-order valence-corrected chi connectivity index (χ1v) is 42.5. The standard InChI is InChI=1S/C111H91B3N4O2/c1-62-46-71(10)107(72(11)47-62)116-92-60-91-87(112-85-44-28-42-83(77-36-19-16-20-37-77)110(85)119-99-56-80(102-67(6)32-26-33-68(102)7)54-97(105(99)112)115(91)82-40-23-18-24-41-82)58-89(92)114-90-59-88-93(61-94(90)117(108-73(12)48-63(2)49-74(108)13)96-53-79(52-95(116)104(96)114)101-65(4)30-25-31-66(101)5)118(109-75(14)50-64(3)51-76(109)15)98-55-81(103-69(8)34-27-35-70(103)9)57-100-106(98)113(88)86-45-29-43-84(111(86)120-100)78-38-21-17-22-39-78/h16-61H,1-15H3. The molecular weight excluding hydrogens is 1450 g/mol. The predicted molar refractivity (Wildman–Crippen MR) is 510 cm³/mol. The lowest BCUT2D eigenvalue weighted by Crippen LogP contribution is -2.66. The maximum atomic E-state index is 7.85. The van der Waals surface area contributed by atoms with E-state index in [9.17, 15) is 0 Å². The van der Waals surface area contributed by atoms with Crippen molar-refractivity contribution >= 4 is 138 Å². The van der Waals surface area contributed by atoms with Gasteiger partial charge in [0.25, 0.3) is 20.1 Å². The van der Waals surface area contributed by atoms with E-state index in [1.54, 1.807) is 0 Å². The van der Waals surface area contributed by atoms with Crippen LogP contribution in [0, 0.1) is 104 Å². The summed E-state index contributed by atoms with van der Waals surface area (Å²) in [5.74, 6) is 3.49. The average molecular weight is 1550 g/mol. The number of benzene rings is 16. The fourth-order valence-corrected chi connectivity index (χ4v) is 22.6. The summed E-state index contributed by atoms with van der Waals surface area (Å²) in [5, 5.41) is 0. The molecule has 6 aliphatic heterocycles. The van der Waals surface area contributed by atoms with Crippen molar-refractivity contribution in [1.82, 2.24) is 0 Å². The Morgan fingerprint density at radius 2 is 0.492 bits per heavy atom. The van der Waals surface area contributed by atoms with E-state index in [0.29, 0.717) is 0 Å². The van der Waals surface area contributed by atoms with Gasteiger partial charge in [-0.15, -0.1) is 0 Å². The van der Waals surface area contributed by atoms with Crippen molar-refractivity contribution < 1.29 is 9.47 Å². The fraction of sp³-hybridized carbons (Fsp3) is 0.135. The summed E-state index contributed by atoms with van der Waals surface area (Å²) in [6.07, 6.45) is 0. The number of aryl methyl sites for hydroxylation is 15. The Hall–Kier alpha value is -13.5. The van der Waals surface area contributed by atoms with Gasteiger partial charge in [0.2, 0.25) is 0 Å². The van der Waals surface area contributed by atoms with Gasteiger partial charge < -0.3 is 29.1 Å². The summed E-state index contributed by atoms with van der Waals surface area (Å²) in [7, 11) is 0. The van der Waals surface area contributed by atoms with Crippen molar-refractivity contribution in [2.45, 2.75) is 104 Å².